The Morgan fingerprint density at radius 3 is 2.65 bits per heavy atom. The summed E-state index contributed by atoms with van der Waals surface area (Å²) in [6, 6.07) is 9.71. The van der Waals surface area contributed by atoms with E-state index < -0.39 is 0 Å². The molecule has 1 aromatic carbocycles. The first-order valence-corrected chi connectivity index (χ1v) is 8.44. The molecule has 1 N–H and O–H groups in total. The zero-order valence-electron chi connectivity index (χ0n) is 13.9. The number of pyridine rings is 1. The number of hydrazine groups is 1. The smallest absolute Gasteiger partial charge is 0.237 e. The van der Waals surface area contributed by atoms with Gasteiger partial charge in [0.1, 0.15) is 16.7 Å². The number of nitrogens with one attached hydrogen (secondary N) is 1. The van der Waals surface area contributed by atoms with Crippen LogP contribution in [0.2, 0.25) is 5.15 Å². The predicted molar refractivity (Wildman–Crippen MR) is 96.9 cm³/mol. The number of amides is 1. The van der Waals surface area contributed by atoms with Crippen molar-refractivity contribution in [1.29, 1.82) is 0 Å². The van der Waals surface area contributed by atoms with E-state index >= 15 is 0 Å². The van der Waals surface area contributed by atoms with Gasteiger partial charge in [-0.1, -0.05) is 11.6 Å². The summed E-state index contributed by atoms with van der Waals surface area (Å²) in [4.78, 5) is 15.8. The van der Waals surface area contributed by atoms with Gasteiger partial charge in [-0.2, -0.15) is 5.10 Å². The van der Waals surface area contributed by atoms with Gasteiger partial charge in [-0.25, -0.2) is 14.1 Å². The highest BCUT2D eigenvalue weighted by Crippen LogP contribution is 2.39. The minimum absolute atomic E-state index is 0.0838. The lowest BCUT2D eigenvalue weighted by atomic mass is 10.0. The van der Waals surface area contributed by atoms with Crippen molar-refractivity contribution in [3.8, 4) is 22.4 Å². The van der Waals surface area contributed by atoms with E-state index in [9.17, 15) is 9.18 Å². The van der Waals surface area contributed by atoms with Crippen LogP contribution < -0.4 is 5.43 Å². The Morgan fingerprint density at radius 2 is 1.96 bits per heavy atom. The zero-order valence-corrected chi connectivity index (χ0v) is 14.7. The maximum absolute atomic E-state index is 13.3. The molecule has 0 radical (unpaired) electrons. The maximum Gasteiger partial charge on any atom is 0.237 e. The molecule has 1 aliphatic rings. The number of rotatable bonds is 2. The number of fused-ring (bicyclic) bond motifs is 1. The molecule has 1 amide bonds. The lowest BCUT2D eigenvalue weighted by Gasteiger charge is -2.28. The fourth-order valence-electron chi connectivity index (χ4n) is 2.99. The molecule has 0 unspecified atom stereocenters. The largest absolute Gasteiger partial charge is 0.279 e. The van der Waals surface area contributed by atoms with Gasteiger partial charge in [-0.3, -0.25) is 15.2 Å². The molecule has 26 heavy (non-hydrogen) atoms. The Kier molecular flexibility index (Phi) is 4.08. The van der Waals surface area contributed by atoms with Crippen molar-refractivity contribution >= 4 is 23.3 Å². The van der Waals surface area contributed by atoms with Crippen molar-refractivity contribution in [1.82, 2.24) is 19.8 Å². The van der Waals surface area contributed by atoms with E-state index in [4.69, 9.17) is 11.6 Å². The lowest BCUT2D eigenvalue weighted by Crippen LogP contribution is -2.41. The van der Waals surface area contributed by atoms with E-state index in [-0.39, 0.29) is 11.7 Å². The van der Waals surface area contributed by atoms with Gasteiger partial charge < -0.3 is 0 Å². The fraction of sp³-hybridized carbons (Fsp3) is 0.167. The molecule has 0 bridgehead atoms. The number of aromatic nitrogens is 3. The van der Waals surface area contributed by atoms with Crippen molar-refractivity contribution in [3.63, 3.8) is 0 Å². The van der Waals surface area contributed by atoms with Crippen LogP contribution in [-0.2, 0) is 11.3 Å². The number of nitrogens with zero attached hydrogens (tertiary/aromatic N) is 4. The Balaban J connectivity index is 1.92. The van der Waals surface area contributed by atoms with E-state index in [0.717, 1.165) is 16.7 Å². The Bertz CT molecular complexity index is 986. The number of anilines is 1. The lowest BCUT2D eigenvalue weighted by molar-refractivity contribution is -0.128. The number of halogens is 2. The van der Waals surface area contributed by atoms with Crippen LogP contribution in [0.1, 0.15) is 6.92 Å². The second-order valence-electron chi connectivity index (χ2n) is 5.95. The van der Waals surface area contributed by atoms with Crippen molar-refractivity contribution < 1.29 is 9.18 Å². The SMILES string of the molecule is CC(=O)N1CCn2nc(-c3ccc(F)cc3)c(-c3ccnc(Cl)c3)c2N1. The molecule has 0 saturated heterocycles. The molecule has 3 heterocycles. The first-order valence-electron chi connectivity index (χ1n) is 8.06. The van der Waals surface area contributed by atoms with Crippen LogP contribution in [0.3, 0.4) is 0 Å². The first-order chi connectivity index (χ1) is 12.5. The third kappa shape index (κ3) is 2.90. The molecule has 0 saturated carbocycles. The first kappa shape index (κ1) is 16.5. The van der Waals surface area contributed by atoms with Crippen LogP contribution in [0.25, 0.3) is 22.4 Å². The van der Waals surface area contributed by atoms with Crippen LogP contribution >= 0.6 is 11.6 Å². The number of benzene rings is 1. The number of hydrogen-bond donors (Lipinski definition) is 1. The molecule has 1 aliphatic heterocycles. The second kappa shape index (κ2) is 6.42. The Labute approximate surface area is 154 Å². The Hall–Kier alpha value is -2.93. The molecular weight excluding hydrogens is 357 g/mol. The standard InChI is InChI=1S/C18H15ClFN5O/c1-11(26)24-8-9-25-18(23-24)16(13-6-7-21-15(19)10-13)17(22-25)12-2-4-14(20)5-3-12/h2-7,10,23H,8-9H2,1H3. The summed E-state index contributed by atoms with van der Waals surface area (Å²) in [5.74, 6) is 0.291. The molecule has 4 rings (SSSR count). The van der Waals surface area contributed by atoms with E-state index in [2.05, 4.69) is 15.5 Å². The maximum atomic E-state index is 13.3. The molecule has 2 aromatic heterocycles. The van der Waals surface area contributed by atoms with Crippen LogP contribution in [-0.4, -0.2) is 32.2 Å². The third-order valence-corrected chi connectivity index (χ3v) is 4.45. The summed E-state index contributed by atoms with van der Waals surface area (Å²) in [6.07, 6.45) is 1.61. The highest BCUT2D eigenvalue weighted by Gasteiger charge is 2.26. The van der Waals surface area contributed by atoms with Gasteiger partial charge in [0.05, 0.1) is 18.7 Å². The van der Waals surface area contributed by atoms with Gasteiger partial charge >= 0.3 is 0 Å². The summed E-state index contributed by atoms with van der Waals surface area (Å²) >= 11 is 6.07. The topological polar surface area (TPSA) is 63.1 Å². The van der Waals surface area contributed by atoms with Gasteiger partial charge in [-0.15, -0.1) is 0 Å². The summed E-state index contributed by atoms with van der Waals surface area (Å²) < 4.78 is 15.1. The van der Waals surface area contributed by atoms with Crippen LogP contribution in [0.15, 0.2) is 42.6 Å². The van der Waals surface area contributed by atoms with E-state index in [1.165, 1.54) is 24.1 Å². The second-order valence-corrected chi connectivity index (χ2v) is 6.34. The number of hydrogen-bond acceptors (Lipinski definition) is 4. The zero-order chi connectivity index (χ0) is 18.3. The van der Waals surface area contributed by atoms with Gasteiger partial charge in [0.15, 0.2) is 5.82 Å². The molecule has 0 spiro atoms. The molecule has 3 aromatic rings. The average molecular weight is 372 g/mol. The fourth-order valence-corrected chi connectivity index (χ4v) is 3.17. The van der Waals surface area contributed by atoms with Gasteiger partial charge in [0.25, 0.3) is 0 Å². The van der Waals surface area contributed by atoms with E-state index in [1.54, 1.807) is 24.4 Å². The van der Waals surface area contributed by atoms with Gasteiger partial charge in [0.2, 0.25) is 5.91 Å². The van der Waals surface area contributed by atoms with Crippen LogP contribution in [0.5, 0.6) is 0 Å². The molecular formula is C18H15ClFN5O. The summed E-state index contributed by atoms with van der Waals surface area (Å²) in [5.41, 5.74) is 6.18. The summed E-state index contributed by atoms with van der Waals surface area (Å²) in [5, 5.41) is 6.57. The molecule has 0 atom stereocenters. The predicted octanol–water partition coefficient (Wildman–Crippen LogP) is 3.59. The van der Waals surface area contributed by atoms with Crippen molar-refractivity contribution in [2.24, 2.45) is 0 Å². The van der Waals surface area contributed by atoms with Crippen molar-refractivity contribution in [3.05, 3.63) is 53.6 Å². The van der Waals surface area contributed by atoms with E-state index in [1.807, 2.05) is 10.7 Å². The summed E-state index contributed by atoms with van der Waals surface area (Å²) in [6.45, 7) is 2.56. The van der Waals surface area contributed by atoms with Crippen molar-refractivity contribution in [2.75, 3.05) is 12.0 Å². The third-order valence-electron chi connectivity index (χ3n) is 4.24. The average Bonchev–Trinajstić information content (AvgIpc) is 3.00. The minimum atomic E-state index is -0.313. The number of carbonyl (C=O) groups is 1. The molecule has 0 fully saturated rings. The monoisotopic (exact) mass is 371 g/mol. The van der Waals surface area contributed by atoms with Crippen LogP contribution in [0.4, 0.5) is 10.2 Å². The normalized spacial score (nSPS) is 13.3. The summed E-state index contributed by atoms with van der Waals surface area (Å²) in [7, 11) is 0. The van der Waals surface area contributed by atoms with Crippen LogP contribution in [0, 0.1) is 5.82 Å². The molecule has 8 heteroatoms. The van der Waals surface area contributed by atoms with Gasteiger partial charge in [0, 0.05) is 18.7 Å². The molecule has 132 valence electrons. The van der Waals surface area contributed by atoms with E-state index in [0.29, 0.717) is 29.8 Å². The number of carbonyl (C=O) groups excluding carboxylic acids is 1. The highest BCUT2D eigenvalue weighted by molar-refractivity contribution is 6.29. The quantitative estimate of drug-likeness (QED) is 0.699. The van der Waals surface area contributed by atoms with Crippen molar-refractivity contribution in [2.45, 2.75) is 13.5 Å². The van der Waals surface area contributed by atoms with Gasteiger partial charge in [-0.05, 0) is 42.0 Å². The molecule has 0 aliphatic carbocycles. The Morgan fingerprint density at radius 1 is 1.19 bits per heavy atom. The minimum Gasteiger partial charge on any atom is -0.279 e. The molecule has 6 nitrogen and oxygen atoms in total. The highest BCUT2D eigenvalue weighted by atomic mass is 35.5.